The summed E-state index contributed by atoms with van der Waals surface area (Å²) in [6, 6.07) is 69.7. The molecule has 0 amide bonds. The number of hydrogen-bond donors (Lipinski definition) is 1. The molecule has 0 spiro atoms. The summed E-state index contributed by atoms with van der Waals surface area (Å²) >= 11 is 0. The Morgan fingerprint density at radius 3 is 0.917 bits per heavy atom. The van der Waals surface area contributed by atoms with Crippen molar-refractivity contribution in [3.63, 3.8) is 0 Å². The molecule has 2 aliphatic rings. The first kappa shape index (κ1) is 51.0. The van der Waals surface area contributed by atoms with Crippen molar-refractivity contribution < 1.29 is 52.5 Å². The molecule has 7 aromatic carbocycles. The first-order chi connectivity index (χ1) is 35.6. The molecule has 0 aromatic heterocycles. The quantitative estimate of drug-likeness (QED) is 0.0591. The molecule has 7 aromatic rings. The summed E-state index contributed by atoms with van der Waals surface area (Å²) in [6.45, 7) is 1.89. The number of ether oxygens (including phenoxy) is 10. The van der Waals surface area contributed by atoms with Gasteiger partial charge in [0.15, 0.2) is 12.6 Å². The van der Waals surface area contributed by atoms with Crippen molar-refractivity contribution in [3.8, 4) is 0 Å². The van der Waals surface area contributed by atoms with Crippen molar-refractivity contribution in [2.45, 2.75) is 108 Å². The summed E-state index contributed by atoms with van der Waals surface area (Å²) in [6.07, 6.45) is -8.74. The van der Waals surface area contributed by atoms with Crippen LogP contribution in [0.1, 0.15) is 38.9 Å². The predicted octanol–water partition coefficient (Wildman–Crippen LogP) is 10.2. The van der Waals surface area contributed by atoms with Gasteiger partial charge in [0, 0.05) is 0 Å². The van der Waals surface area contributed by atoms with E-state index in [0.717, 1.165) is 38.9 Å². The number of hydrogen-bond acceptors (Lipinski definition) is 11. The van der Waals surface area contributed by atoms with E-state index in [1.165, 1.54) is 0 Å². The molecule has 11 nitrogen and oxygen atoms in total. The lowest BCUT2D eigenvalue weighted by Gasteiger charge is -2.47. The summed E-state index contributed by atoms with van der Waals surface area (Å²) in [5.41, 5.74) is 6.80. The van der Waals surface area contributed by atoms with Gasteiger partial charge in [-0.15, -0.1) is 0 Å². The van der Waals surface area contributed by atoms with Crippen LogP contribution >= 0.6 is 0 Å². The number of aliphatic hydroxyl groups is 1. The minimum Gasteiger partial charge on any atom is -0.374 e. The Balaban J connectivity index is 1.04. The minimum atomic E-state index is -1.41. The average molecular weight is 973 g/mol. The molecule has 0 aliphatic carbocycles. The van der Waals surface area contributed by atoms with Crippen LogP contribution in [0.2, 0.25) is 0 Å². The van der Waals surface area contributed by atoms with Gasteiger partial charge >= 0.3 is 0 Å². The van der Waals surface area contributed by atoms with Gasteiger partial charge in [-0.3, -0.25) is 0 Å². The summed E-state index contributed by atoms with van der Waals surface area (Å²) in [5.74, 6) is 0. The molecule has 2 aliphatic heterocycles. The monoisotopic (exact) mass is 972 g/mol. The minimum absolute atomic E-state index is 0.0957. The summed E-state index contributed by atoms with van der Waals surface area (Å²) in [5, 5.41) is 12.0. The van der Waals surface area contributed by atoms with Gasteiger partial charge in [0.25, 0.3) is 0 Å². The third-order valence-electron chi connectivity index (χ3n) is 12.7. The van der Waals surface area contributed by atoms with Gasteiger partial charge < -0.3 is 52.5 Å². The van der Waals surface area contributed by atoms with Crippen molar-refractivity contribution in [1.29, 1.82) is 0 Å². The van der Waals surface area contributed by atoms with E-state index in [1.807, 2.05) is 212 Å². The Labute approximate surface area is 423 Å². The van der Waals surface area contributed by atoms with Crippen LogP contribution in [-0.2, 0) is 93.6 Å². The van der Waals surface area contributed by atoms with E-state index >= 15 is 0 Å². The fraction of sp³-hybridized carbons (Fsp3) is 0.311. The highest BCUT2D eigenvalue weighted by atomic mass is 16.7. The van der Waals surface area contributed by atoms with Crippen LogP contribution in [0.25, 0.3) is 0 Å². The van der Waals surface area contributed by atoms with Gasteiger partial charge in [0.05, 0.1) is 59.5 Å². The first-order valence-corrected chi connectivity index (χ1v) is 24.8. The molecule has 2 heterocycles. The van der Waals surface area contributed by atoms with E-state index in [-0.39, 0.29) is 52.9 Å². The molecular formula is C61H64O11. The van der Waals surface area contributed by atoms with E-state index in [2.05, 4.69) is 0 Å². The van der Waals surface area contributed by atoms with Gasteiger partial charge in [-0.1, -0.05) is 212 Å². The second-order valence-electron chi connectivity index (χ2n) is 18.0. The molecule has 10 atom stereocenters. The molecule has 0 bridgehead atoms. The smallest absolute Gasteiger partial charge is 0.187 e. The van der Waals surface area contributed by atoms with Crippen molar-refractivity contribution in [2.75, 3.05) is 13.2 Å². The largest absolute Gasteiger partial charge is 0.374 e. The first-order valence-electron chi connectivity index (χ1n) is 24.8. The van der Waals surface area contributed by atoms with E-state index < -0.39 is 61.4 Å². The maximum Gasteiger partial charge on any atom is 0.187 e. The van der Waals surface area contributed by atoms with Crippen molar-refractivity contribution in [2.24, 2.45) is 0 Å². The fourth-order valence-corrected chi connectivity index (χ4v) is 8.97. The van der Waals surface area contributed by atoms with E-state index in [0.29, 0.717) is 6.61 Å². The molecule has 1 N–H and O–H groups in total. The van der Waals surface area contributed by atoms with E-state index in [9.17, 15) is 5.11 Å². The highest BCUT2D eigenvalue weighted by molar-refractivity contribution is 5.19. The summed E-state index contributed by atoms with van der Waals surface area (Å²) < 4.78 is 67.9. The third-order valence-corrected chi connectivity index (χ3v) is 12.7. The molecule has 11 heteroatoms. The fourth-order valence-electron chi connectivity index (χ4n) is 8.97. The average Bonchev–Trinajstić information content (AvgIpc) is 3.44. The Hall–Kier alpha value is -5.90. The lowest BCUT2D eigenvalue weighted by molar-refractivity contribution is -0.349. The van der Waals surface area contributed by atoms with Crippen molar-refractivity contribution >= 4 is 0 Å². The Morgan fingerprint density at radius 1 is 0.278 bits per heavy atom. The number of aliphatic hydroxyl groups excluding tert-OH is 1. The zero-order chi connectivity index (χ0) is 49.0. The van der Waals surface area contributed by atoms with Crippen LogP contribution in [0.15, 0.2) is 212 Å². The molecule has 374 valence electrons. The molecule has 9 rings (SSSR count). The van der Waals surface area contributed by atoms with Crippen LogP contribution in [0.4, 0.5) is 0 Å². The number of benzene rings is 7. The molecule has 0 saturated carbocycles. The third kappa shape index (κ3) is 14.8. The second kappa shape index (κ2) is 27.2. The Morgan fingerprint density at radius 2 is 0.556 bits per heavy atom. The SMILES string of the molecule is O[C@H]1O[C@H](CO[C@@H]2O[C@H](COCc3ccccc3)[C@@H](OCc3ccccc3)[C@H](OCc3ccccc3)[C@H]2OCc2ccccc2)[C@@H](OCc2ccccc2)[C@H](OCc2ccccc2)[C@H]1OCc1ccccc1. The van der Waals surface area contributed by atoms with Crippen LogP contribution in [0.3, 0.4) is 0 Å². The zero-order valence-electron chi connectivity index (χ0n) is 40.4. The van der Waals surface area contributed by atoms with Gasteiger partial charge in [-0.25, -0.2) is 0 Å². The van der Waals surface area contributed by atoms with Gasteiger partial charge in [0.2, 0.25) is 0 Å². The summed E-state index contributed by atoms with van der Waals surface area (Å²) in [7, 11) is 0. The molecule has 72 heavy (non-hydrogen) atoms. The molecular weight excluding hydrogens is 909 g/mol. The lowest BCUT2D eigenvalue weighted by Crippen LogP contribution is -2.63. The van der Waals surface area contributed by atoms with Gasteiger partial charge in [0.1, 0.15) is 48.8 Å². The highest BCUT2D eigenvalue weighted by Crippen LogP contribution is 2.34. The van der Waals surface area contributed by atoms with Crippen LogP contribution in [-0.4, -0.2) is 79.7 Å². The van der Waals surface area contributed by atoms with Crippen molar-refractivity contribution in [1.82, 2.24) is 0 Å². The Kier molecular flexibility index (Phi) is 19.3. The standard InChI is InChI=1S/C61H64O11/c62-60-58(68-41-50-32-18-6-19-33-50)56(66-39-48-28-14-4-15-29-48)55(65-38-47-26-12-3-13-27-47)53(71-60)44-70-61-59(69-42-51-34-20-7-21-35-51)57(67-40-49-30-16-5-17-31-49)54(64-37-46-24-10-2-11-25-46)52(72-61)43-63-36-45-22-8-1-9-23-45/h1-35,52-62H,36-44H2/t52-,53-,54-,55-,56+,57+,58-,59-,60+,61-/m1/s1. The molecule has 2 saturated heterocycles. The topological polar surface area (TPSA) is 113 Å². The van der Waals surface area contributed by atoms with E-state index in [4.69, 9.17) is 47.4 Å². The van der Waals surface area contributed by atoms with Crippen LogP contribution < -0.4 is 0 Å². The van der Waals surface area contributed by atoms with Gasteiger partial charge in [-0.05, 0) is 38.9 Å². The van der Waals surface area contributed by atoms with Crippen molar-refractivity contribution in [3.05, 3.63) is 251 Å². The lowest BCUT2D eigenvalue weighted by atomic mass is 9.97. The van der Waals surface area contributed by atoms with Crippen LogP contribution in [0.5, 0.6) is 0 Å². The second-order valence-corrected chi connectivity index (χ2v) is 18.0. The molecule has 0 unspecified atom stereocenters. The van der Waals surface area contributed by atoms with E-state index in [1.54, 1.807) is 0 Å². The van der Waals surface area contributed by atoms with Gasteiger partial charge in [-0.2, -0.15) is 0 Å². The number of rotatable bonds is 25. The highest BCUT2D eigenvalue weighted by Gasteiger charge is 2.52. The maximum atomic E-state index is 12.0. The Bertz CT molecular complexity index is 2550. The maximum absolute atomic E-state index is 12.0. The predicted molar refractivity (Wildman–Crippen MR) is 272 cm³/mol. The zero-order valence-corrected chi connectivity index (χ0v) is 40.4. The molecule has 2 fully saturated rings. The molecule has 0 radical (unpaired) electrons. The van der Waals surface area contributed by atoms with Crippen LogP contribution in [0, 0.1) is 0 Å². The summed E-state index contributed by atoms with van der Waals surface area (Å²) in [4.78, 5) is 0. The normalized spacial score (nSPS) is 24.2.